The highest BCUT2D eigenvalue weighted by atomic mass is 16.1. The number of rotatable bonds is 5. The fourth-order valence-corrected chi connectivity index (χ4v) is 3.93. The number of nitrogens with two attached hydrogens (primary N) is 2. The van der Waals surface area contributed by atoms with Crippen molar-refractivity contribution >= 4 is 23.6 Å². The second-order valence-corrected chi connectivity index (χ2v) is 7.82. The first-order valence-corrected chi connectivity index (χ1v) is 10.3. The van der Waals surface area contributed by atoms with Crippen molar-refractivity contribution in [2.75, 3.05) is 12.3 Å². The van der Waals surface area contributed by atoms with Gasteiger partial charge in [-0.1, -0.05) is 12.2 Å². The van der Waals surface area contributed by atoms with Gasteiger partial charge in [-0.15, -0.1) is 12.3 Å². The topological polar surface area (TPSA) is 136 Å². The van der Waals surface area contributed by atoms with Crippen LogP contribution in [0.1, 0.15) is 42.9 Å². The molecule has 6 N–H and O–H groups in total. The first-order chi connectivity index (χ1) is 15.0. The summed E-state index contributed by atoms with van der Waals surface area (Å²) in [5.41, 5.74) is 19.4. The van der Waals surface area contributed by atoms with Crippen LogP contribution in [0.5, 0.6) is 0 Å². The molecule has 0 radical (unpaired) electrons. The molecule has 31 heavy (non-hydrogen) atoms. The summed E-state index contributed by atoms with van der Waals surface area (Å²) in [5, 5.41) is 11.8. The minimum absolute atomic E-state index is 0.171. The van der Waals surface area contributed by atoms with E-state index in [2.05, 4.69) is 32.9 Å². The molecule has 1 saturated heterocycles. The fraction of sp³-hybridized carbons (Fsp3) is 0.364. The molecule has 0 saturated carbocycles. The number of anilines is 1. The van der Waals surface area contributed by atoms with Crippen molar-refractivity contribution < 1.29 is 4.79 Å². The molecule has 2 aliphatic heterocycles. The van der Waals surface area contributed by atoms with Crippen molar-refractivity contribution in [1.29, 1.82) is 0 Å². The number of fused-ring (bicyclic) bond motifs is 1. The SMILES string of the molecule is C#CC/C=C1\C/C(=C\Cc2cnn3c(N)cc(C4CCC(C(N)=O)NC4)nc23)C=NN1. The van der Waals surface area contributed by atoms with Gasteiger partial charge in [0.15, 0.2) is 5.65 Å². The molecule has 2 atom stereocenters. The average molecular weight is 419 g/mol. The Morgan fingerprint density at radius 1 is 1.39 bits per heavy atom. The molecule has 0 aromatic carbocycles. The van der Waals surface area contributed by atoms with Gasteiger partial charge in [0.2, 0.25) is 5.91 Å². The number of allylic oxidation sites excluding steroid dienone is 3. The number of hydrogen-bond donors (Lipinski definition) is 4. The molecule has 0 bridgehead atoms. The van der Waals surface area contributed by atoms with Crippen molar-refractivity contribution in [3.63, 3.8) is 0 Å². The van der Waals surface area contributed by atoms with Crippen molar-refractivity contribution in [2.24, 2.45) is 10.8 Å². The third-order valence-electron chi connectivity index (χ3n) is 5.65. The molecule has 0 spiro atoms. The first kappa shape index (κ1) is 20.6. The molecule has 2 unspecified atom stereocenters. The summed E-state index contributed by atoms with van der Waals surface area (Å²) in [7, 11) is 0. The van der Waals surface area contributed by atoms with Gasteiger partial charge in [-0.05, 0) is 24.8 Å². The minimum Gasteiger partial charge on any atom is -0.384 e. The number of carbonyl (C=O) groups excluding carboxylic acids is 1. The Labute approximate surface area is 180 Å². The van der Waals surface area contributed by atoms with Gasteiger partial charge in [0.1, 0.15) is 5.82 Å². The predicted octanol–water partition coefficient (Wildman–Crippen LogP) is 0.988. The lowest BCUT2D eigenvalue weighted by Crippen LogP contribution is -2.46. The number of amides is 1. The van der Waals surface area contributed by atoms with Gasteiger partial charge >= 0.3 is 0 Å². The van der Waals surface area contributed by atoms with E-state index in [1.165, 1.54) is 0 Å². The predicted molar refractivity (Wildman–Crippen MR) is 120 cm³/mol. The molecule has 9 heteroatoms. The minimum atomic E-state index is -0.314. The smallest absolute Gasteiger partial charge is 0.234 e. The third kappa shape index (κ3) is 4.59. The molecule has 160 valence electrons. The second-order valence-electron chi connectivity index (χ2n) is 7.82. The van der Waals surface area contributed by atoms with E-state index in [4.69, 9.17) is 22.9 Å². The van der Waals surface area contributed by atoms with Gasteiger partial charge < -0.3 is 16.8 Å². The highest BCUT2D eigenvalue weighted by Gasteiger charge is 2.26. The molecule has 2 aromatic rings. The number of nitrogens with one attached hydrogen (secondary N) is 2. The van der Waals surface area contributed by atoms with Crippen molar-refractivity contribution in [1.82, 2.24) is 25.3 Å². The van der Waals surface area contributed by atoms with Crippen LogP contribution >= 0.6 is 0 Å². The van der Waals surface area contributed by atoms with E-state index in [0.717, 1.165) is 41.0 Å². The van der Waals surface area contributed by atoms with Crippen LogP contribution in [0.15, 0.2) is 40.8 Å². The standard InChI is InChI=1S/C22H26N8O/c1-2-3-4-17-9-14(11-26-29-17)5-6-16-13-27-30-20(23)10-19(28-22(16)30)15-7-8-18(21(24)31)25-12-15/h1,4-5,10-11,13,15,18,25,29H,3,6-9,12,23H2,(H2,24,31)/b14-5+,17-4+. The van der Waals surface area contributed by atoms with Crippen LogP contribution in [0, 0.1) is 12.3 Å². The van der Waals surface area contributed by atoms with Crippen LogP contribution in [0.25, 0.3) is 5.65 Å². The summed E-state index contributed by atoms with van der Waals surface area (Å²) < 4.78 is 1.66. The summed E-state index contributed by atoms with van der Waals surface area (Å²) in [6.07, 6.45) is 16.5. The van der Waals surface area contributed by atoms with Crippen LogP contribution in [0.4, 0.5) is 5.82 Å². The molecule has 2 aliphatic rings. The Kier molecular flexibility index (Phi) is 6.00. The number of nitrogen functional groups attached to an aromatic ring is 1. The number of hydrogen-bond acceptors (Lipinski definition) is 7. The number of terminal acetylenes is 1. The number of nitrogens with zero attached hydrogens (tertiary/aromatic N) is 4. The summed E-state index contributed by atoms with van der Waals surface area (Å²) in [6, 6.07) is 1.59. The lowest BCUT2D eigenvalue weighted by atomic mass is 9.91. The lowest BCUT2D eigenvalue weighted by molar-refractivity contribution is -0.120. The van der Waals surface area contributed by atoms with Gasteiger partial charge in [0.05, 0.1) is 24.1 Å². The van der Waals surface area contributed by atoms with Crippen LogP contribution < -0.4 is 22.2 Å². The summed E-state index contributed by atoms with van der Waals surface area (Å²) in [4.78, 5) is 16.3. The largest absolute Gasteiger partial charge is 0.384 e. The molecule has 1 fully saturated rings. The maximum atomic E-state index is 11.4. The Morgan fingerprint density at radius 3 is 3.00 bits per heavy atom. The molecule has 1 amide bonds. The summed E-state index contributed by atoms with van der Waals surface area (Å²) >= 11 is 0. The zero-order valence-corrected chi connectivity index (χ0v) is 17.2. The van der Waals surface area contributed by atoms with E-state index < -0.39 is 0 Å². The third-order valence-corrected chi connectivity index (χ3v) is 5.65. The highest BCUT2D eigenvalue weighted by molar-refractivity contribution is 5.80. The number of aromatic nitrogens is 3. The molecule has 9 nitrogen and oxygen atoms in total. The number of carbonyl (C=O) groups is 1. The molecule has 2 aromatic heterocycles. The van der Waals surface area contributed by atoms with E-state index in [-0.39, 0.29) is 17.9 Å². The maximum Gasteiger partial charge on any atom is 0.234 e. The van der Waals surface area contributed by atoms with Crippen LogP contribution in [0.3, 0.4) is 0 Å². The Balaban J connectivity index is 1.53. The Hall–Kier alpha value is -3.64. The van der Waals surface area contributed by atoms with Crippen LogP contribution in [-0.4, -0.2) is 39.3 Å². The number of primary amides is 1. The molecule has 4 rings (SSSR count). The first-order valence-electron chi connectivity index (χ1n) is 10.3. The zero-order chi connectivity index (χ0) is 21.8. The van der Waals surface area contributed by atoms with Gasteiger partial charge in [0.25, 0.3) is 0 Å². The van der Waals surface area contributed by atoms with Crippen molar-refractivity contribution in [3.8, 4) is 12.3 Å². The fourth-order valence-electron chi connectivity index (χ4n) is 3.93. The van der Waals surface area contributed by atoms with E-state index in [9.17, 15) is 4.79 Å². The second kappa shape index (κ2) is 9.02. The molecular formula is C22H26N8O. The van der Waals surface area contributed by atoms with E-state index >= 15 is 0 Å². The Morgan fingerprint density at radius 2 is 2.26 bits per heavy atom. The van der Waals surface area contributed by atoms with Crippen molar-refractivity contribution in [2.45, 2.75) is 44.1 Å². The van der Waals surface area contributed by atoms with Gasteiger partial charge in [0, 0.05) is 42.6 Å². The molecular weight excluding hydrogens is 392 g/mol. The Bertz CT molecular complexity index is 1110. The van der Waals surface area contributed by atoms with Crippen LogP contribution in [0.2, 0.25) is 0 Å². The summed E-state index contributed by atoms with van der Waals surface area (Å²) in [5.74, 6) is 3.00. The zero-order valence-electron chi connectivity index (χ0n) is 17.2. The maximum absolute atomic E-state index is 11.4. The lowest BCUT2D eigenvalue weighted by Gasteiger charge is -2.27. The monoisotopic (exact) mass is 418 g/mol. The quantitative estimate of drug-likeness (QED) is 0.535. The highest BCUT2D eigenvalue weighted by Crippen LogP contribution is 2.27. The molecule has 0 aliphatic carbocycles. The van der Waals surface area contributed by atoms with Gasteiger partial charge in [-0.2, -0.15) is 14.7 Å². The van der Waals surface area contributed by atoms with Crippen LogP contribution in [-0.2, 0) is 11.2 Å². The van der Waals surface area contributed by atoms with Crippen molar-refractivity contribution in [3.05, 3.63) is 46.9 Å². The van der Waals surface area contributed by atoms with E-state index in [0.29, 0.717) is 31.6 Å². The number of piperidine rings is 1. The van der Waals surface area contributed by atoms with E-state index in [1.807, 2.05) is 18.4 Å². The number of hydrazone groups is 1. The molecule has 4 heterocycles. The summed E-state index contributed by atoms with van der Waals surface area (Å²) in [6.45, 7) is 0.639. The van der Waals surface area contributed by atoms with Gasteiger partial charge in [-0.3, -0.25) is 10.2 Å². The normalized spacial score (nSPS) is 23.7. The van der Waals surface area contributed by atoms with E-state index in [1.54, 1.807) is 10.7 Å². The van der Waals surface area contributed by atoms with Gasteiger partial charge in [-0.25, -0.2) is 4.98 Å². The average Bonchev–Trinajstić information content (AvgIpc) is 3.20.